The third-order valence-electron chi connectivity index (χ3n) is 1.20. The van der Waals surface area contributed by atoms with E-state index in [0.29, 0.717) is 0 Å². The van der Waals surface area contributed by atoms with Crippen LogP contribution in [0, 0.1) is 11.8 Å². The summed E-state index contributed by atoms with van der Waals surface area (Å²) in [5.74, 6) is 2.47. The molecular formula is C6H6FNO2. The number of hydrogen-bond acceptors (Lipinski definition) is 2. The van der Waals surface area contributed by atoms with Crippen LogP contribution >= 0.6 is 0 Å². The predicted molar refractivity (Wildman–Crippen MR) is 32.1 cm³/mol. The Labute approximate surface area is 57.2 Å². The fourth-order valence-electron chi connectivity index (χ4n) is 0.598. The second-order valence-electron chi connectivity index (χ2n) is 2.12. The fraction of sp³-hybridized carbons (Fsp3) is 0.500. The van der Waals surface area contributed by atoms with E-state index in [1.165, 1.54) is 0 Å². The molecule has 2 N–H and O–H groups in total. The van der Waals surface area contributed by atoms with Crippen molar-refractivity contribution in [3.63, 3.8) is 0 Å². The lowest BCUT2D eigenvalue weighted by molar-refractivity contribution is -0.130. The van der Waals surface area contributed by atoms with Crippen molar-refractivity contribution >= 4 is 5.97 Å². The second kappa shape index (κ2) is 2.27. The highest BCUT2D eigenvalue weighted by molar-refractivity contribution is 5.86. The molecular weight excluding hydrogens is 137 g/mol. The topological polar surface area (TPSA) is 49.3 Å². The minimum atomic E-state index is -1.60. The first-order valence-corrected chi connectivity index (χ1v) is 2.78. The number of halogens is 1. The molecule has 1 saturated heterocycles. The van der Waals surface area contributed by atoms with E-state index in [2.05, 4.69) is 5.32 Å². The summed E-state index contributed by atoms with van der Waals surface area (Å²) in [7, 11) is 0. The second-order valence-corrected chi connectivity index (χ2v) is 2.12. The summed E-state index contributed by atoms with van der Waals surface area (Å²) >= 11 is 0. The van der Waals surface area contributed by atoms with E-state index in [1.54, 1.807) is 5.92 Å². The molecule has 0 bridgehead atoms. The Hall–Kier alpha value is -1.08. The summed E-state index contributed by atoms with van der Waals surface area (Å²) in [6, 6.07) is 0. The summed E-state index contributed by atoms with van der Waals surface area (Å²) in [6.07, 6.45) is 0. The maximum atomic E-state index is 12.8. The molecule has 0 saturated carbocycles. The molecule has 54 valence electrons. The van der Waals surface area contributed by atoms with Crippen molar-refractivity contribution in [1.82, 2.24) is 5.32 Å². The van der Waals surface area contributed by atoms with Gasteiger partial charge in [0.25, 0.3) is 0 Å². The predicted octanol–water partition coefficient (Wildman–Crippen LogP) is -0.614. The molecule has 0 aromatic rings. The van der Waals surface area contributed by atoms with Crippen LogP contribution in [0.1, 0.15) is 0 Å². The van der Waals surface area contributed by atoms with Crippen LogP contribution in [0.15, 0.2) is 0 Å². The number of nitrogens with one attached hydrogen (secondary N) is 1. The van der Waals surface area contributed by atoms with Gasteiger partial charge in [0.05, 0.1) is 0 Å². The van der Waals surface area contributed by atoms with Crippen molar-refractivity contribution in [2.24, 2.45) is 0 Å². The maximum Gasteiger partial charge on any atom is 0.382 e. The first-order valence-electron chi connectivity index (χ1n) is 2.78. The van der Waals surface area contributed by atoms with Gasteiger partial charge in [-0.25, -0.2) is 9.18 Å². The zero-order valence-corrected chi connectivity index (χ0v) is 5.15. The molecule has 0 spiro atoms. The summed E-state index contributed by atoms with van der Waals surface area (Å²) in [5, 5.41) is 10.7. The number of hydrogen-bond donors (Lipinski definition) is 2. The van der Waals surface area contributed by atoms with Gasteiger partial charge in [0.1, 0.15) is 0 Å². The van der Waals surface area contributed by atoms with E-state index in [9.17, 15) is 9.18 Å². The molecule has 4 heteroatoms. The first-order chi connectivity index (χ1) is 4.62. The van der Waals surface area contributed by atoms with Crippen LogP contribution in [0.4, 0.5) is 4.39 Å². The highest BCUT2D eigenvalue weighted by Gasteiger charge is 2.34. The number of carboxylic acids is 1. The van der Waals surface area contributed by atoms with Crippen molar-refractivity contribution in [2.75, 3.05) is 13.1 Å². The normalized spacial score (nSPS) is 20.1. The molecule has 1 heterocycles. The number of aliphatic carboxylic acids is 1. The number of rotatable bonds is 0. The summed E-state index contributed by atoms with van der Waals surface area (Å²) < 4.78 is 12.8. The van der Waals surface area contributed by atoms with E-state index >= 15 is 0 Å². The summed E-state index contributed by atoms with van der Waals surface area (Å²) in [4.78, 5) is 9.83. The average molecular weight is 143 g/mol. The van der Waals surface area contributed by atoms with E-state index in [4.69, 9.17) is 5.11 Å². The van der Waals surface area contributed by atoms with Gasteiger partial charge in [-0.1, -0.05) is 0 Å². The van der Waals surface area contributed by atoms with Crippen LogP contribution in [0.25, 0.3) is 0 Å². The lowest BCUT2D eigenvalue weighted by Gasteiger charge is -2.29. The van der Waals surface area contributed by atoms with Crippen LogP contribution in [0.2, 0.25) is 0 Å². The van der Waals surface area contributed by atoms with Gasteiger partial charge >= 0.3 is 5.97 Å². The number of carbonyl (C=O) groups is 1. The summed E-state index contributed by atoms with van der Waals surface area (Å²) in [6.45, 7) is 0.264. The van der Waals surface area contributed by atoms with Gasteiger partial charge < -0.3 is 10.4 Å². The van der Waals surface area contributed by atoms with Gasteiger partial charge in [0, 0.05) is 19.0 Å². The zero-order chi connectivity index (χ0) is 7.61. The molecule has 0 aliphatic carbocycles. The Bertz CT molecular complexity index is 212. The molecule has 0 aromatic carbocycles. The lowest BCUT2D eigenvalue weighted by atomic mass is 10.0. The Morgan fingerprint density at radius 2 is 2.30 bits per heavy atom. The van der Waals surface area contributed by atoms with Crippen molar-refractivity contribution < 1.29 is 14.3 Å². The maximum absolute atomic E-state index is 12.8. The van der Waals surface area contributed by atoms with E-state index < -0.39 is 11.6 Å². The van der Waals surface area contributed by atoms with Gasteiger partial charge in [0.15, 0.2) is 5.67 Å². The molecule has 0 aromatic heterocycles. The molecule has 1 aliphatic heterocycles. The molecule has 1 rings (SSSR count). The molecule has 0 atom stereocenters. The monoisotopic (exact) mass is 143 g/mol. The van der Waals surface area contributed by atoms with Gasteiger partial charge in [0.2, 0.25) is 0 Å². The van der Waals surface area contributed by atoms with E-state index in [-0.39, 0.29) is 13.1 Å². The third-order valence-corrected chi connectivity index (χ3v) is 1.20. The first kappa shape index (κ1) is 7.03. The van der Waals surface area contributed by atoms with Crippen LogP contribution in [-0.2, 0) is 4.79 Å². The SMILES string of the molecule is O=C(O)C#CC1(F)CNC1. The zero-order valence-electron chi connectivity index (χ0n) is 5.15. The highest BCUT2D eigenvalue weighted by Crippen LogP contribution is 2.13. The molecule has 10 heavy (non-hydrogen) atoms. The van der Waals surface area contributed by atoms with E-state index in [1.807, 2.05) is 5.92 Å². The molecule has 1 aliphatic rings. The average Bonchev–Trinajstić information content (AvgIpc) is 1.79. The third kappa shape index (κ3) is 1.45. The lowest BCUT2D eigenvalue weighted by Crippen LogP contribution is -2.55. The molecule has 0 unspecified atom stereocenters. The smallest absolute Gasteiger partial charge is 0.382 e. The Balaban J connectivity index is 2.53. The van der Waals surface area contributed by atoms with Gasteiger partial charge in [-0.15, -0.1) is 0 Å². The largest absolute Gasteiger partial charge is 0.472 e. The Kier molecular flexibility index (Phi) is 1.60. The van der Waals surface area contributed by atoms with Crippen LogP contribution in [0.3, 0.4) is 0 Å². The highest BCUT2D eigenvalue weighted by atomic mass is 19.1. The fourth-order valence-corrected chi connectivity index (χ4v) is 0.598. The number of alkyl halides is 1. The minimum absolute atomic E-state index is 0.132. The Morgan fingerprint density at radius 3 is 2.60 bits per heavy atom. The molecule has 0 amide bonds. The van der Waals surface area contributed by atoms with Crippen molar-refractivity contribution in [3.05, 3.63) is 0 Å². The van der Waals surface area contributed by atoms with Crippen LogP contribution in [-0.4, -0.2) is 29.8 Å². The van der Waals surface area contributed by atoms with Gasteiger partial charge in [-0.3, -0.25) is 0 Å². The van der Waals surface area contributed by atoms with Crippen LogP contribution in [0.5, 0.6) is 0 Å². The van der Waals surface area contributed by atoms with Crippen LogP contribution < -0.4 is 5.32 Å². The van der Waals surface area contributed by atoms with Crippen molar-refractivity contribution in [3.8, 4) is 11.8 Å². The molecule has 1 fully saturated rings. The minimum Gasteiger partial charge on any atom is -0.472 e. The van der Waals surface area contributed by atoms with Crippen molar-refractivity contribution in [2.45, 2.75) is 5.67 Å². The quantitative estimate of drug-likeness (QED) is 0.444. The van der Waals surface area contributed by atoms with Crippen molar-refractivity contribution in [1.29, 1.82) is 0 Å². The number of carboxylic acid groups (broad SMARTS) is 1. The van der Waals surface area contributed by atoms with E-state index in [0.717, 1.165) is 0 Å². The standard InChI is InChI=1S/C6H6FNO2/c7-6(3-8-4-6)2-1-5(9)10/h8H,3-4H2,(H,9,10). The molecule has 0 radical (unpaired) electrons. The van der Waals surface area contributed by atoms with Gasteiger partial charge in [-0.05, 0) is 5.92 Å². The van der Waals surface area contributed by atoms with Gasteiger partial charge in [-0.2, -0.15) is 0 Å². The molecule has 3 nitrogen and oxygen atoms in total. The Morgan fingerprint density at radius 1 is 1.70 bits per heavy atom. The summed E-state index contributed by atoms with van der Waals surface area (Å²) in [5.41, 5.74) is -1.60.